The van der Waals surface area contributed by atoms with Crippen LogP contribution >= 0.6 is 0 Å². The quantitative estimate of drug-likeness (QED) is 0.799. The molecule has 1 heterocycles. The predicted octanol–water partition coefficient (Wildman–Crippen LogP) is 1.71. The molecule has 0 spiro atoms. The topological polar surface area (TPSA) is 74.8 Å². The third-order valence-electron chi connectivity index (χ3n) is 5.21. The highest BCUT2D eigenvalue weighted by molar-refractivity contribution is 7.89. The van der Waals surface area contributed by atoms with Crippen molar-refractivity contribution in [2.75, 3.05) is 32.4 Å². The molecule has 6 nitrogen and oxygen atoms in total. The molecule has 2 fully saturated rings. The molecule has 0 radical (unpaired) electrons. The lowest BCUT2D eigenvalue weighted by atomic mass is 10.1. The van der Waals surface area contributed by atoms with Gasteiger partial charge in [-0.1, -0.05) is 25.0 Å². The number of carbonyl (C=O) groups excluding carboxylic acids is 2. The van der Waals surface area contributed by atoms with Gasteiger partial charge in [0.25, 0.3) is 5.91 Å². The Kier molecular flexibility index (Phi) is 5.65. The van der Waals surface area contributed by atoms with Gasteiger partial charge in [-0.2, -0.15) is 0 Å². The van der Waals surface area contributed by atoms with E-state index in [2.05, 4.69) is 0 Å². The first-order chi connectivity index (χ1) is 12.3. The summed E-state index contributed by atoms with van der Waals surface area (Å²) in [6.07, 6.45) is 5.47. The highest BCUT2D eigenvalue weighted by Gasteiger charge is 2.30. The van der Waals surface area contributed by atoms with Gasteiger partial charge in [-0.15, -0.1) is 0 Å². The molecule has 0 bridgehead atoms. The first kappa shape index (κ1) is 18.9. The molecule has 142 valence electrons. The minimum absolute atomic E-state index is 0.0244. The average molecular weight is 378 g/mol. The van der Waals surface area contributed by atoms with Crippen molar-refractivity contribution in [2.24, 2.45) is 5.92 Å². The van der Waals surface area contributed by atoms with Crippen LogP contribution in [0.1, 0.15) is 41.6 Å². The molecule has 1 saturated carbocycles. The molecular formula is C19H26N2O4S. The van der Waals surface area contributed by atoms with E-state index in [9.17, 15) is 18.0 Å². The number of piperazine rings is 1. The molecule has 2 aliphatic rings. The van der Waals surface area contributed by atoms with Gasteiger partial charge in [-0.25, -0.2) is 8.42 Å². The number of hydrogen-bond acceptors (Lipinski definition) is 4. The van der Waals surface area contributed by atoms with Gasteiger partial charge >= 0.3 is 0 Å². The van der Waals surface area contributed by atoms with Crippen LogP contribution in [0.4, 0.5) is 0 Å². The molecule has 3 rings (SSSR count). The van der Waals surface area contributed by atoms with Crippen LogP contribution in [0.25, 0.3) is 0 Å². The molecule has 0 unspecified atom stereocenters. The summed E-state index contributed by atoms with van der Waals surface area (Å²) in [6.45, 7) is 2.27. The highest BCUT2D eigenvalue weighted by Crippen LogP contribution is 2.27. The zero-order valence-electron chi connectivity index (χ0n) is 15.2. The number of benzene rings is 1. The average Bonchev–Trinajstić information content (AvgIpc) is 3.14. The monoisotopic (exact) mass is 378 g/mol. The van der Waals surface area contributed by atoms with Crippen molar-refractivity contribution < 1.29 is 18.0 Å². The molecule has 1 aromatic carbocycles. The molecule has 1 aliphatic carbocycles. The van der Waals surface area contributed by atoms with Crippen LogP contribution in [-0.2, 0) is 20.4 Å². The molecule has 0 atom stereocenters. The molecule has 0 N–H and O–H groups in total. The molecule has 1 aliphatic heterocycles. The molecule has 2 amide bonds. The maximum Gasteiger partial charge on any atom is 0.253 e. The van der Waals surface area contributed by atoms with E-state index in [4.69, 9.17) is 0 Å². The lowest BCUT2D eigenvalue weighted by Gasteiger charge is -2.36. The maximum absolute atomic E-state index is 12.6. The smallest absolute Gasteiger partial charge is 0.253 e. The van der Waals surface area contributed by atoms with Crippen LogP contribution in [0.3, 0.4) is 0 Å². The van der Waals surface area contributed by atoms with Crippen molar-refractivity contribution >= 4 is 21.7 Å². The number of sulfone groups is 1. The van der Waals surface area contributed by atoms with E-state index >= 15 is 0 Å². The SMILES string of the molecule is CS(=O)(=O)Cc1ccc(C(=O)N2CCN(C(=O)C3CCCC3)CC2)cc1. The molecule has 26 heavy (non-hydrogen) atoms. The van der Waals surface area contributed by atoms with Gasteiger partial charge < -0.3 is 9.80 Å². The number of carbonyl (C=O) groups is 2. The van der Waals surface area contributed by atoms with E-state index in [0.717, 1.165) is 25.7 Å². The Labute approximate surface area is 155 Å². The largest absolute Gasteiger partial charge is 0.339 e. The fourth-order valence-corrected chi connectivity index (χ4v) is 4.59. The molecule has 1 saturated heterocycles. The number of hydrogen-bond donors (Lipinski definition) is 0. The van der Waals surface area contributed by atoms with Crippen LogP contribution in [0.5, 0.6) is 0 Å². The van der Waals surface area contributed by atoms with Crippen molar-refractivity contribution in [3.8, 4) is 0 Å². The van der Waals surface area contributed by atoms with Crippen molar-refractivity contribution in [3.63, 3.8) is 0 Å². The van der Waals surface area contributed by atoms with E-state index in [-0.39, 0.29) is 23.5 Å². The maximum atomic E-state index is 12.6. The van der Waals surface area contributed by atoms with Crippen LogP contribution in [0, 0.1) is 5.92 Å². The van der Waals surface area contributed by atoms with Crippen molar-refractivity contribution in [3.05, 3.63) is 35.4 Å². The summed E-state index contributed by atoms with van der Waals surface area (Å²) in [5, 5.41) is 0. The summed E-state index contributed by atoms with van der Waals surface area (Å²) in [6, 6.07) is 6.74. The van der Waals surface area contributed by atoms with E-state index in [1.807, 2.05) is 4.90 Å². The summed E-state index contributed by atoms with van der Waals surface area (Å²) in [4.78, 5) is 28.8. The third kappa shape index (κ3) is 4.63. The Morgan fingerprint density at radius 2 is 1.50 bits per heavy atom. The van der Waals surface area contributed by atoms with Crippen molar-refractivity contribution in [1.82, 2.24) is 9.80 Å². The summed E-state index contributed by atoms with van der Waals surface area (Å²) in [5.41, 5.74) is 1.23. The molecule has 0 aromatic heterocycles. The lowest BCUT2D eigenvalue weighted by molar-refractivity contribution is -0.136. The summed E-state index contributed by atoms with van der Waals surface area (Å²) in [7, 11) is -3.09. The molecule has 7 heteroatoms. The Morgan fingerprint density at radius 3 is 2.04 bits per heavy atom. The summed E-state index contributed by atoms with van der Waals surface area (Å²) >= 11 is 0. The lowest BCUT2D eigenvalue weighted by Crippen LogP contribution is -2.51. The zero-order valence-corrected chi connectivity index (χ0v) is 16.0. The third-order valence-corrected chi connectivity index (χ3v) is 6.07. The second-order valence-corrected chi connectivity index (χ2v) is 9.51. The highest BCUT2D eigenvalue weighted by atomic mass is 32.2. The minimum atomic E-state index is -3.09. The van der Waals surface area contributed by atoms with Gasteiger partial charge in [0.2, 0.25) is 5.91 Å². The molecule has 1 aromatic rings. The van der Waals surface area contributed by atoms with Crippen LogP contribution in [0.2, 0.25) is 0 Å². The van der Waals surface area contributed by atoms with E-state index in [1.54, 1.807) is 29.2 Å². The Balaban J connectivity index is 1.55. The van der Waals surface area contributed by atoms with Crippen LogP contribution in [0.15, 0.2) is 24.3 Å². The summed E-state index contributed by atoms with van der Waals surface area (Å²) < 4.78 is 22.7. The van der Waals surface area contributed by atoms with E-state index < -0.39 is 9.84 Å². The van der Waals surface area contributed by atoms with Gasteiger partial charge in [0, 0.05) is 43.9 Å². The van der Waals surface area contributed by atoms with Gasteiger partial charge in [-0.3, -0.25) is 9.59 Å². The van der Waals surface area contributed by atoms with E-state index in [0.29, 0.717) is 37.3 Å². The van der Waals surface area contributed by atoms with Gasteiger partial charge in [0.05, 0.1) is 5.75 Å². The second kappa shape index (κ2) is 7.78. The van der Waals surface area contributed by atoms with Crippen LogP contribution in [-0.4, -0.2) is 62.5 Å². The normalized spacial score (nSPS) is 19.0. The van der Waals surface area contributed by atoms with Crippen molar-refractivity contribution in [2.45, 2.75) is 31.4 Å². The number of nitrogens with zero attached hydrogens (tertiary/aromatic N) is 2. The van der Waals surface area contributed by atoms with Crippen molar-refractivity contribution in [1.29, 1.82) is 0 Å². The second-order valence-electron chi connectivity index (χ2n) is 7.37. The zero-order chi connectivity index (χ0) is 18.7. The minimum Gasteiger partial charge on any atom is -0.339 e. The standard InChI is InChI=1S/C19H26N2O4S/c1-26(24,25)14-15-6-8-17(9-7-15)19(23)21-12-10-20(11-13-21)18(22)16-4-2-3-5-16/h6-9,16H,2-5,10-14H2,1H3. The first-order valence-electron chi connectivity index (χ1n) is 9.18. The Morgan fingerprint density at radius 1 is 0.962 bits per heavy atom. The van der Waals surface area contributed by atoms with E-state index in [1.165, 1.54) is 6.26 Å². The van der Waals surface area contributed by atoms with Crippen LogP contribution < -0.4 is 0 Å². The number of rotatable bonds is 4. The Hall–Kier alpha value is -1.89. The predicted molar refractivity (Wildman–Crippen MR) is 99.4 cm³/mol. The fourth-order valence-electron chi connectivity index (χ4n) is 3.79. The van der Waals surface area contributed by atoms with Gasteiger partial charge in [0.1, 0.15) is 0 Å². The fraction of sp³-hybridized carbons (Fsp3) is 0.579. The molecular weight excluding hydrogens is 352 g/mol. The van der Waals surface area contributed by atoms with Gasteiger partial charge in [-0.05, 0) is 30.5 Å². The first-order valence-corrected chi connectivity index (χ1v) is 11.2. The Bertz CT molecular complexity index is 759. The van der Waals surface area contributed by atoms with Gasteiger partial charge in [0.15, 0.2) is 9.84 Å². The number of amides is 2. The summed E-state index contributed by atoms with van der Waals surface area (Å²) in [5.74, 6) is 0.340.